The molecule has 1 aliphatic rings. The molecule has 1 saturated carbocycles. The Morgan fingerprint density at radius 3 is 2.47 bits per heavy atom. The van der Waals surface area contributed by atoms with Gasteiger partial charge in [-0.1, -0.05) is 12.8 Å². The molecule has 1 aliphatic carbocycles. The van der Waals surface area contributed by atoms with E-state index >= 15 is 0 Å². The summed E-state index contributed by atoms with van der Waals surface area (Å²) in [5.41, 5.74) is 0.413. The van der Waals surface area contributed by atoms with Crippen molar-refractivity contribution < 1.29 is 13.9 Å². The summed E-state index contributed by atoms with van der Waals surface area (Å²) < 4.78 is 18.1. The third kappa shape index (κ3) is 3.05. The number of esters is 1. The maximum atomic E-state index is 12.7. The molecule has 0 saturated heterocycles. The van der Waals surface area contributed by atoms with Crippen LogP contribution in [0.3, 0.4) is 0 Å². The van der Waals surface area contributed by atoms with Gasteiger partial charge in [-0.15, -0.1) is 0 Å². The summed E-state index contributed by atoms with van der Waals surface area (Å²) in [6.45, 7) is 1.94. The Balaban J connectivity index is 1.94. The van der Waals surface area contributed by atoms with Gasteiger partial charge in [0, 0.05) is 0 Å². The van der Waals surface area contributed by atoms with E-state index in [-0.39, 0.29) is 17.9 Å². The van der Waals surface area contributed by atoms with Crippen molar-refractivity contribution in [1.29, 1.82) is 0 Å². The number of benzene rings is 1. The molecule has 0 radical (unpaired) electrons. The molecule has 1 aromatic carbocycles. The molecule has 1 fully saturated rings. The predicted octanol–water partition coefficient (Wildman–Crippen LogP) is 3.56. The maximum absolute atomic E-state index is 12.7. The molecule has 0 heterocycles. The van der Waals surface area contributed by atoms with Crippen molar-refractivity contribution in [2.24, 2.45) is 5.92 Å². The van der Waals surface area contributed by atoms with Crippen LogP contribution in [-0.4, -0.2) is 12.1 Å². The monoisotopic (exact) mass is 236 g/mol. The Kier molecular flexibility index (Phi) is 3.77. The molecule has 2 rings (SSSR count). The van der Waals surface area contributed by atoms with Gasteiger partial charge in [-0.25, -0.2) is 9.18 Å². The van der Waals surface area contributed by atoms with E-state index in [1.54, 1.807) is 0 Å². The van der Waals surface area contributed by atoms with E-state index in [4.69, 9.17) is 4.74 Å². The van der Waals surface area contributed by atoms with Crippen molar-refractivity contribution in [3.63, 3.8) is 0 Å². The minimum absolute atomic E-state index is 0.0462. The highest BCUT2D eigenvalue weighted by molar-refractivity contribution is 5.89. The number of hydrogen-bond donors (Lipinski definition) is 0. The van der Waals surface area contributed by atoms with Crippen molar-refractivity contribution in [1.82, 2.24) is 0 Å². The molecule has 0 amide bonds. The molecule has 0 N–H and O–H groups in total. The molecule has 3 heteroatoms. The van der Waals surface area contributed by atoms with Crippen LogP contribution >= 0.6 is 0 Å². The molecule has 0 aliphatic heterocycles. The fourth-order valence-corrected chi connectivity index (χ4v) is 2.35. The average Bonchev–Trinajstić information content (AvgIpc) is 2.83. The Labute approximate surface area is 101 Å². The zero-order valence-corrected chi connectivity index (χ0v) is 9.99. The van der Waals surface area contributed by atoms with E-state index in [9.17, 15) is 9.18 Å². The number of carbonyl (C=O) groups excluding carboxylic acids is 1. The normalized spacial score (nSPS) is 18.0. The minimum atomic E-state index is -0.357. The molecular weight excluding hydrogens is 219 g/mol. The van der Waals surface area contributed by atoms with E-state index in [1.165, 1.54) is 37.1 Å². The van der Waals surface area contributed by atoms with Gasteiger partial charge in [0.25, 0.3) is 0 Å². The molecule has 92 valence electrons. The summed E-state index contributed by atoms with van der Waals surface area (Å²) in [5.74, 6) is -0.214. The van der Waals surface area contributed by atoms with Gasteiger partial charge in [-0.2, -0.15) is 0 Å². The molecule has 1 unspecified atom stereocenters. The predicted molar refractivity (Wildman–Crippen MR) is 63.2 cm³/mol. The van der Waals surface area contributed by atoms with Crippen LogP contribution in [-0.2, 0) is 4.74 Å². The van der Waals surface area contributed by atoms with Gasteiger partial charge in [0.2, 0.25) is 0 Å². The zero-order chi connectivity index (χ0) is 12.3. The third-order valence-corrected chi connectivity index (χ3v) is 3.44. The topological polar surface area (TPSA) is 26.3 Å². The second-order valence-electron chi connectivity index (χ2n) is 4.66. The van der Waals surface area contributed by atoms with E-state index in [1.807, 2.05) is 6.92 Å². The Morgan fingerprint density at radius 2 is 1.88 bits per heavy atom. The first-order valence-electron chi connectivity index (χ1n) is 6.13. The van der Waals surface area contributed by atoms with Crippen molar-refractivity contribution in [2.75, 3.05) is 0 Å². The number of carbonyl (C=O) groups is 1. The summed E-state index contributed by atoms with van der Waals surface area (Å²) in [6, 6.07) is 5.46. The zero-order valence-electron chi connectivity index (χ0n) is 9.99. The highest BCUT2D eigenvalue weighted by atomic mass is 19.1. The lowest BCUT2D eigenvalue weighted by Gasteiger charge is -2.19. The second kappa shape index (κ2) is 5.30. The molecule has 0 spiro atoms. The molecule has 0 aromatic heterocycles. The van der Waals surface area contributed by atoms with Crippen LogP contribution in [0.1, 0.15) is 43.0 Å². The Morgan fingerprint density at radius 1 is 1.29 bits per heavy atom. The van der Waals surface area contributed by atoms with Crippen molar-refractivity contribution in [3.8, 4) is 0 Å². The molecular formula is C14H17FO2. The second-order valence-corrected chi connectivity index (χ2v) is 4.66. The van der Waals surface area contributed by atoms with Crippen LogP contribution in [0.5, 0.6) is 0 Å². The minimum Gasteiger partial charge on any atom is -0.459 e. The van der Waals surface area contributed by atoms with Gasteiger partial charge >= 0.3 is 5.97 Å². The molecule has 1 atom stereocenters. The van der Waals surface area contributed by atoms with Crippen molar-refractivity contribution in [2.45, 2.75) is 38.7 Å². The van der Waals surface area contributed by atoms with E-state index in [2.05, 4.69) is 0 Å². The summed E-state index contributed by atoms with van der Waals surface area (Å²) in [7, 11) is 0. The number of hydrogen-bond acceptors (Lipinski definition) is 2. The standard InChI is InChI=1S/C14H17FO2/c1-10(11-4-2-3-5-11)17-14(16)12-6-8-13(15)9-7-12/h6-11H,2-5H2,1H3. The summed E-state index contributed by atoms with van der Waals surface area (Å²) in [4.78, 5) is 11.8. The van der Waals surface area contributed by atoms with Gasteiger partial charge in [-0.3, -0.25) is 0 Å². The number of rotatable bonds is 3. The SMILES string of the molecule is CC(OC(=O)c1ccc(F)cc1)C1CCCC1. The maximum Gasteiger partial charge on any atom is 0.338 e. The first-order valence-corrected chi connectivity index (χ1v) is 6.13. The Hall–Kier alpha value is -1.38. The fraction of sp³-hybridized carbons (Fsp3) is 0.500. The molecule has 17 heavy (non-hydrogen) atoms. The highest BCUT2D eigenvalue weighted by Gasteiger charge is 2.24. The van der Waals surface area contributed by atoms with Crippen LogP contribution in [0.25, 0.3) is 0 Å². The lowest BCUT2D eigenvalue weighted by Crippen LogP contribution is -2.22. The largest absolute Gasteiger partial charge is 0.459 e. The van der Waals surface area contributed by atoms with Gasteiger partial charge in [0.05, 0.1) is 5.56 Å². The molecule has 1 aromatic rings. The van der Waals surface area contributed by atoms with Crippen molar-refractivity contribution in [3.05, 3.63) is 35.6 Å². The molecule has 2 nitrogen and oxygen atoms in total. The van der Waals surface area contributed by atoms with Gasteiger partial charge in [0.15, 0.2) is 0 Å². The smallest absolute Gasteiger partial charge is 0.338 e. The van der Waals surface area contributed by atoms with Crippen molar-refractivity contribution >= 4 is 5.97 Å². The van der Waals surface area contributed by atoms with Gasteiger partial charge < -0.3 is 4.74 Å². The van der Waals surface area contributed by atoms with Crippen LogP contribution in [0.15, 0.2) is 24.3 Å². The van der Waals surface area contributed by atoms with Crippen LogP contribution in [0.2, 0.25) is 0 Å². The average molecular weight is 236 g/mol. The quantitative estimate of drug-likeness (QED) is 0.750. The molecule has 0 bridgehead atoms. The summed E-state index contributed by atoms with van der Waals surface area (Å²) >= 11 is 0. The van der Waals surface area contributed by atoms with Crippen LogP contribution in [0.4, 0.5) is 4.39 Å². The van der Waals surface area contributed by atoms with E-state index in [0.29, 0.717) is 11.5 Å². The first-order chi connectivity index (χ1) is 8.16. The lowest BCUT2D eigenvalue weighted by atomic mass is 10.0. The van der Waals surface area contributed by atoms with E-state index in [0.717, 1.165) is 12.8 Å². The Bertz CT molecular complexity index is 380. The van der Waals surface area contributed by atoms with E-state index < -0.39 is 0 Å². The summed E-state index contributed by atoms with van der Waals surface area (Å²) in [6.07, 6.45) is 4.68. The first kappa shape index (κ1) is 12.1. The van der Waals surface area contributed by atoms with Crippen LogP contribution in [0, 0.1) is 11.7 Å². The van der Waals surface area contributed by atoms with Gasteiger partial charge in [-0.05, 0) is 49.9 Å². The van der Waals surface area contributed by atoms with Crippen LogP contribution < -0.4 is 0 Å². The number of ether oxygens (including phenoxy) is 1. The number of halogens is 1. The third-order valence-electron chi connectivity index (χ3n) is 3.44. The lowest BCUT2D eigenvalue weighted by molar-refractivity contribution is 0.0204. The van der Waals surface area contributed by atoms with Gasteiger partial charge in [0.1, 0.15) is 11.9 Å². The fourth-order valence-electron chi connectivity index (χ4n) is 2.35. The highest BCUT2D eigenvalue weighted by Crippen LogP contribution is 2.29. The summed E-state index contributed by atoms with van der Waals surface area (Å²) in [5, 5.41) is 0.